The van der Waals surface area contributed by atoms with E-state index in [-0.39, 0.29) is 17.2 Å². The molecule has 0 aliphatic rings. The van der Waals surface area contributed by atoms with E-state index in [9.17, 15) is 14.9 Å². The molecule has 0 unspecified atom stereocenters. The highest BCUT2D eigenvalue weighted by Gasteiger charge is 2.12. The maximum Gasteiger partial charge on any atom is 0.338 e. The Morgan fingerprint density at radius 3 is 2.75 bits per heavy atom. The summed E-state index contributed by atoms with van der Waals surface area (Å²) < 4.78 is 4.96. The average molecular weight is 223 g/mol. The van der Waals surface area contributed by atoms with Gasteiger partial charge in [0, 0.05) is 12.1 Å². The molecular formula is C11H13NO4. The van der Waals surface area contributed by atoms with Crippen molar-refractivity contribution in [2.75, 3.05) is 6.61 Å². The van der Waals surface area contributed by atoms with Crippen molar-refractivity contribution in [2.24, 2.45) is 5.92 Å². The first-order chi connectivity index (χ1) is 7.50. The average Bonchev–Trinajstić information content (AvgIpc) is 2.26. The van der Waals surface area contributed by atoms with Gasteiger partial charge in [0.05, 0.1) is 17.1 Å². The number of nitrogens with zero attached hydrogens (tertiary/aromatic N) is 1. The van der Waals surface area contributed by atoms with Gasteiger partial charge < -0.3 is 4.74 Å². The molecule has 86 valence electrons. The zero-order valence-corrected chi connectivity index (χ0v) is 9.17. The summed E-state index contributed by atoms with van der Waals surface area (Å²) in [5, 5.41) is 10.5. The van der Waals surface area contributed by atoms with Crippen LogP contribution in [0.5, 0.6) is 0 Å². The van der Waals surface area contributed by atoms with E-state index in [4.69, 9.17) is 4.74 Å². The van der Waals surface area contributed by atoms with Gasteiger partial charge in [-0.2, -0.15) is 0 Å². The van der Waals surface area contributed by atoms with Gasteiger partial charge in [0.25, 0.3) is 5.69 Å². The van der Waals surface area contributed by atoms with Crippen LogP contribution in [0.15, 0.2) is 24.3 Å². The highest BCUT2D eigenvalue weighted by atomic mass is 16.6. The van der Waals surface area contributed by atoms with Gasteiger partial charge in [-0.1, -0.05) is 19.9 Å². The van der Waals surface area contributed by atoms with E-state index in [0.29, 0.717) is 6.61 Å². The third kappa shape index (κ3) is 3.34. The van der Waals surface area contributed by atoms with Crippen molar-refractivity contribution in [2.45, 2.75) is 13.8 Å². The number of carbonyl (C=O) groups excluding carboxylic acids is 1. The van der Waals surface area contributed by atoms with Gasteiger partial charge in [-0.25, -0.2) is 4.79 Å². The number of rotatable bonds is 4. The molecule has 0 atom stereocenters. The second kappa shape index (κ2) is 5.25. The molecule has 0 N–H and O–H groups in total. The number of ether oxygens (including phenoxy) is 1. The number of nitro groups is 1. The lowest BCUT2D eigenvalue weighted by molar-refractivity contribution is -0.384. The molecule has 0 spiro atoms. The van der Waals surface area contributed by atoms with Gasteiger partial charge in [0.15, 0.2) is 0 Å². The predicted molar refractivity (Wildman–Crippen MR) is 58.2 cm³/mol. The first-order valence-corrected chi connectivity index (χ1v) is 4.92. The van der Waals surface area contributed by atoms with Crippen LogP contribution in [0.1, 0.15) is 24.2 Å². The zero-order valence-electron chi connectivity index (χ0n) is 9.17. The van der Waals surface area contributed by atoms with Crippen LogP contribution >= 0.6 is 0 Å². The van der Waals surface area contributed by atoms with Crippen LogP contribution in [-0.4, -0.2) is 17.5 Å². The summed E-state index contributed by atoms with van der Waals surface area (Å²) in [6.45, 7) is 4.14. The van der Waals surface area contributed by atoms with Crippen LogP contribution in [0, 0.1) is 16.0 Å². The van der Waals surface area contributed by atoms with E-state index >= 15 is 0 Å². The molecule has 1 rings (SSSR count). The minimum Gasteiger partial charge on any atom is -0.462 e. The second-order valence-corrected chi connectivity index (χ2v) is 3.80. The fraction of sp³-hybridized carbons (Fsp3) is 0.364. The summed E-state index contributed by atoms with van der Waals surface area (Å²) in [7, 11) is 0. The minimum absolute atomic E-state index is 0.112. The van der Waals surface area contributed by atoms with Crippen LogP contribution in [0.3, 0.4) is 0 Å². The first kappa shape index (κ1) is 12.2. The van der Waals surface area contributed by atoms with Crippen molar-refractivity contribution < 1.29 is 14.5 Å². The van der Waals surface area contributed by atoms with Gasteiger partial charge in [-0.15, -0.1) is 0 Å². The maximum atomic E-state index is 11.5. The standard InChI is InChI=1S/C11H13NO4/c1-8(2)7-16-11(13)9-4-3-5-10(6-9)12(14)15/h3-6,8H,7H2,1-2H3. The van der Waals surface area contributed by atoms with Gasteiger partial charge >= 0.3 is 5.97 Å². The normalized spacial score (nSPS) is 10.2. The molecule has 0 saturated carbocycles. The lowest BCUT2D eigenvalue weighted by atomic mass is 10.2. The molecule has 5 nitrogen and oxygen atoms in total. The lowest BCUT2D eigenvalue weighted by Gasteiger charge is -2.06. The van der Waals surface area contributed by atoms with E-state index in [1.807, 2.05) is 13.8 Å². The van der Waals surface area contributed by atoms with E-state index in [2.05, 4.69) is 0 Å². The molecule has 0 fully saturated rings. The van der Waals surface area contributed by atoms with Crippen molar-refractivity contribution >= 4 is 11.7 Å². The summed E-state index contributed by atoms with van der Waals surface area (Å²) >= 11 is 0. The zero-order chi connectivity index (χ0) is 12.1. The number of hydrogen-bond donors (Lipinski definition) is 0. The minimum atomic E-state index is -0.542. The van der Waals surface area contributed by atoms with Crippen molar-refractivity contribution in [3.63, 3.8) is 0 Å². The van der Waals surface area contributed by atoms with Gasteiger partial charge in [-0.05, 0) is 12.0 Å². The molecule has 16 heavy (non-hydrogen) atoms. The Kier molecular flexibility index (Phi) is 3.99. The molecule has 0 amide bonds. The topological polar surface area (TPSA) is 69.4 Å². The number of non-ortho nitro benzene ring substituents is 1. The Labute approximate surface area is 93.2 Å². The van der Waals surface area contributed by atoms with Crippen LogP contribution in [0.4, 0.5) is 5.69 Å². The fourth-order valence-electron chi connectivity index (χ4n) is 1.07. The third-order valence-electron chi connectivity index (χ3n) is 1.84. The molecule has 0 aromatic heterocycles. The summed E-state index contributed by atoms with van der Waals surface area (Å²) in [4.78, 5) is 21.4. The SMILES string of the molecule is CC(C)COC(=O)c1cccc([N+](=O)[O-])c1. The van der Waals surface area contributed by atoms with Gasteiger partial charge in [-0.3, -0.25) is 10.1 Å². The van der Waals surface area contributed by atoms with Crippen LogP contribution in [0.2, 0.25) is 0 Å². The Morgan fingerprint density at radius 2 is 2.19 bits per heavy atom. The van der Waals surface area contributed by atoms with E-state index in [0.717, 1.165) is 0 Å². The smallest absolute Gasteiger partial charge is 0.338 e. The van der Waals surface area contributed by atoms with Crippen molar-refractivity contribution in [3.8, 4) is 0 Å². The largest absolute Gasteiger partial charge is 0.462 e. The fourth-order valence-corrected chi connectivity index (χ4v) is 1.07. The summed E-state index contributed by atoms with van der Waals surface area (Å²) in [5.41, 5.74) is 0.0915. The van der Waals surface area contributed by atoms with Crippen molar-refractivity contribution in [1.82, 2.24) is 0 Å². The highest BCUT2D eigenvalue weighted by molar-refractivity contribution is 5.90. The number of esters is 1. The number of carbonyl (C=O) groups is 1. The molecule has 0 aliphatic carbocycles. The van der Waals surface area contributed by atoms with Gasteiger partial charge in [0.2, 0.25) is 0 Å². The van der Waals surface area contributed by atoms with E-state index in [1.54, 1.807) is 0 Å². The maximum absolute atomic E-state index is 11.5. The number of hydrogen-bond acceptors (Lipinski definition) is 4. The summed E-state index contributed by atoms with van der Waals surface area (Å²) in [6.07, 6.45) is 0. The molecule has 0 heterocycles. The van der Waals surface area contributed by atoms with E-state index < -0.39 is 10.9 Å². The van der Waals surface area contributed by atoms with Crippen LogP contribution in [0.25, 0.3) is 0 Å². The molecule has 0 aliphatic heterocycles. The molecule has 5 heteroatoms. The van der Waals surface area contributed by atoms with Crippen LogP contribution in [-0.2, 0) is 4.74 Å². The van der Waals surface area contributed by atoms with Crippen molar-refractivity contribution in [1.29, 1.82) is 0 Å². The number of nitro benzene ring substituents is 1. The monoisotopic (exact) mass is 223 g/mol. The van der Waals surface area contributed by atoms with Gasteiger partial charge in [0.1, 0.15) is 0 Å². The Hall–Kier alpha value is -1.91. The molecule has 0 bridgehead atoms. The molecule has 1 aromatic carbocycles. The highest BCUT2D eigenvalue weighted by Crippen LogP contribution is 2.14. The molecule has 0 saturated heterocycles. The van der Waals surface area contributed by atoms with E-state index in [1.165, 1.54) is 24.3 Å². The number of benzene rings is 1. The lowest BCUT2D eigenvalue weighted by Crippen LogP contribution is -2.10. The van der Waals surface area contributed by atoms with Crippen molar-refractivity contribution in [3.05, 3.63) is 39.9 Å². The Morgan fingerprint density at radius 1 is 1.50 bits per heavy atom. The molecular weight excluding hydrogens is 210 g/mol. The Bertz CT molecular complexity index is 401. The predicted octanol–water partition coefficient (Wildman–Crippen LogP) is 2.41. The molecule has 1 aromatic rings. The summed E-state index contributed by atoms with van der Waals surface area (Å²) in [5.74, 6) is -0.292. The third-order valence-corrected chi connectivity index (χ3v) is 1.84. The van der Waals surface area contributed by atoms with Crippen LogP contribution < -0.4 is 0 Å². The first-order valence-electron chi connectivity index (χ1n) is 4.92. The summed E-state index contributed by atoms with van der Waals surface area (Å²) in [6, 6.07) is 5.50. The Balaban J connectivity index is 2.76. The second-order valence-electron chi connectivity index (χ2n) is 3.80. The quantitative estimate of drug-likeness (QED) is 0.446. The molecule has 0 radical (unpaired) electrons.